The minimum Gasteiger partial charge on any atom is -0.380 e. The Kier molecular flexibility index (Phi) is 5.19. The van der Waals surface area contributed by atoms with Crippen molar-refractivity contribution < 1.29 is 4.79 Å². The van der Waals surface area contributed by atoms with Crippen LogP contribution in [-0.4, -0.2) is 33.9 Å². The van der Waals surface area contributed by atoms with Gasteiger partial charge in [-0.1, -0.05) is 12.8 Å². The average molecular weight is 310 g/mol. The monoisotopic (exact) mass is 310 g/mol. The lowest BCUT2D eigenvalue weighted by Crippen LogP contribution is -2.31. The van der Waals surface area contributed by atoms with Crippen LogP contribution in [0.4, 0.5) is 5.69 Å². The number of hydrogen-bond acceptors (Lipinski definition) is 4. The van der Waals surface area contributed by atoms with E-state index in [9.17, 15) is 4.79 Å². The Hall–Kier alpha value is -2.43. The van der Waals surface area contributed by atoms with Crippen molar-refractivity contribution in [1.29, 1.82) is 0 Å². The van der Waals surface area contributed by atoms with Crippen molar-refractivity contribution in [2.75, 3.05) is 18.4 Å². The number of pyridine rings is 2. The van der Waals surface area contributed by atoms with Crippen LogP contribution in [0.1, 0.15) is 41.6 Å². The Bertz CT molecular complexity index is 636. The first-order valence-electron chi connectivity index (χ1n) is 8.20. The highest BCUT2D eigenvalue weighted by molar-refractivity contribution is 5.94. The summed E-state index contributed by atoms with van der Waals surface area (Å²) in [6.45, 7) is 2.40. The predicted octanol–water partition coefficient (Wildman–Crippen LogP) is 3.10. The second-order valence-electron chi connectivity index (χ2n) is 5.88. The van der Waals surface area contributed by atoms with Crippen LogP contribution in [0.25, 0.3) is 0 Å². The van der Waals surface area contributed by atoms with Crippen molar-refractivity contribution in [3.8, 4) is 0 Å². The van der Waals surface area contributed by atoms with Crippen molar-refractivity contribution in [3.63, 3.8) is 0 Å². The standard InChI is InChI=1S/C18H22N4O/c23-18(22-9-3-1-2-4-10-22)16-11-17(14-20-13-16)21-12-15-5-7-19-8-6-15/h5-8,11,13-14,21H,1-4,9-10,12H2. The summed E-state index contributed by atoms with van der Waals surface area (Å²) < 4.78 is 0. The van der Waals surface area contributed by atoms with Crippen LogP contribution >= 0.6 is 0 Å². The normalized spacial score (nSPS) is 15.0. The summed E-state index contributed by atoms with van der Waals surface area (Å²) in [6.07, 6.45) is 11.6. The van der Waals surface area contributed by atoms with Crippen molar-refractivity contribution in [3.05, 3.63) is 54.1 Å². The van der Waals surface area contributed by atoms with E-state index in [0.717, 1.165) is 37.2 Å². The molecule has 2 aromatic heterocycles. The maximum absolute atomic E-state index is 12.6. The van der Waals surface area contributed by atoms with E-state index in [1.54, 1.807) is 24.8 Å². The fourth-order valence-corrected chi connectivity index (χ4v) is 2.81. The summed E-state index contributed by atoms with van der Waals surface area (Å²) in [5, 5.41) is 3.31. The molecule has 3 rings (SSSR count). The Balaban J connectivity index is 1.65. The van der Waals surface area contributed by atoms with Gasteiger partial charge in [-0.25, -0.2) is 0 Å². The van der Waals surface area contributed by atoms with Crippen molar-refractivity contribution in [1.82, 2.24) is 14.9 Å². The summed E-state index contributed by atoms with van der Waals surface area (Å²) in [7, 11) is 0. The second kappa shape index (κ2) is 7.72. The van der Waals surface area contributed by atoms with Gasteiger partial charge in [0, 0.05) is 44.4 Å². The highest BCUT2D eigenvalue weighted by Gasteiger charge is 2.17. The molecule has 0 radical (unpaired) electrons. The lowest BCUT2D eigenvalue weighted by Gasteiger charge is -2.20. The number of hydrogen-bond donors (Lipinski definition) is 1. The molecule has 1 N–H and O–H groups in total. The van der Waals surface area contributed by atoms with Gasteiger partial charge in [0.05, 0.1) is 11.3 Å². The quantitative estimate of drug-likeness (QED) is 0.942. The van der Waals surface area contributed by atoms with E-state index in [2.05, 4.69) is 15.3 Å². The fraction of sp³-hybridized carbons (Fsp3) is 0.389. The van der Waals surface area contributed by atoms with E-state index in [1.165, 1.54) is 12.8 Å². The molecular weight excluding hydrogens is 288 g/mol. The highest BCUT2D eigenvalue weighted by atomic mass is 16.2. The molecule has 0 atom stereocenters. The number of carbonyl (C=O) groups is 1. The first kappa shape index (κ1) is 15.5. The minimum absolute atomic E-state index is 0.0898. The van der Waals surface area contributed by atoms with Crippen molar-refractivity contribution in [2.45, 2.75) is 32.2 Å². The summed E-state index contributed by atoms with van der Waals surface area (Å²) in [5.74, 6) is 0.0898. The molecule has 1 aliphatic heterocycles. The SMILES string of the molecule is O=C(c1cncc(NCc2ccncc2)c1)N1CCCCCC1. The van der Waals surface area contributed by atoms with Gasteiger partial charge < -0.3 is 10.2 Å². The van der Waals surface area contributed by atoms with Crippen LogP contribution < -0.4 is 5.32 Å². The van der Waals surface area contributed by atoms with E-state index in [4.69, 9.17) is 0 Å². The second-order valence-corrected chi connectivity index (χ2v) is 5.88. The van der Waals surface area contributed by atoms with Crippen LogP contribution in [0, 0.1) is 0 Å². The molecule has 1 amide bonds. The molecule has 0 saturated carbocycles. The molecule has 3 heterocycles. The van der Waals surface area contributed by atoms with Gasteiger partial charge in [-0.05, 0) is 36.6 Å². The molecule has 120 valence electrons. The number of nitrogens with zero attached hydrogens (tertiary/aromatic N) is 3. The third-order valence-corrected chi connectivity index (χ3v) is 4.12. The summed E-state index contributed by atoms with van der Waals surface area (Å²) in [6, 6.07) is 5.82. The lowest BCUT2D eigenvalue weighted by atomic mass is 10.2. The molecule has 5 heteroatoms. The minimum atomic E-state index is 0.0898. The number of amides is 1. The van der Waals surface area contributed by atoms with E-state index < -0.39 is 0 Å². The molecule has 23 heavy (non-hydrogen) atoms. The molecule has 0 bridgehead atoms. The number of nitrogens with one attached hydrogen (secondary N) is 1. The fourth-order valence-electron chi connectivity index (χ4n) is 2.81. The van der Waals surface area contributed by atoms with Crippen LogP contribution in [-0.2, 0) is 6.54 Å². The Morgan fingerprint density at radius 2 is 1.78 bits per heavy atom. The molecular formula is C18H22N4O. The average Bonchev–Trinajstić information content (AvgIpc) is 2.90. The zero-order chi connectivity index (χ0) is 15.9. The summed E-state index contributed by atoms with van der Waals surface area (Å²) >= 11 is 0. The number of rotatable bonds is 4. The third kappa shape index (κ3) is 4.28. The molecule has 1 fully saturated rings. The summed E-state index contributed by atoms with van der Waals surface area (Å²) in [4.78, 5) is 22.8. The molecule has 0 unspecified atom stereocenters. The van der Waals surface area contributed by atoms with Gasteiger partial charge >= 0.3 is 0 Å². The molecule has 1 saturated heterocycles. The number of aromatic nitrogens is 2. The predicted molar refractivity (Wildman–Crippen MR) is 90.2 cm³/mol. The van der Waals surface area contributed by atoms with E-state index in [-0.39, 0.29) is 5.91 Å². The Labute approximate surface area is 136 Å². The molecule has 5 nitrogen and oxygen atoms in total. The van der Waals surface area contributed by atoms with Gasteiger partial charge in [0.15, 0.2) is 0 Å². The first-order valence-corrected chi connectivity index (χ1v) is 8.20. The van der Waals surface area contributed by atoms with Gasteiger partial charge in [-0.3, -0.25) is 14.8 Å². The van der Waals surface area contributed by atoms with Gasteiger partial charge in [0.25, 0.3) is 5.91 Å². The zero-order valence-electron chi connectivity index (χ0n) is 13.2. The van der Waals surface area contributed by atoms with Crippen LogP contribution in [0.2, 0.25) is 0 Å². The molecule has 0 aromatic carbocycles. The molecule has 0 aliphatic carbocycles. The largest absolute Gasteiger partial charge is 0.380 e. The maximum Gasteiger partial charge on any atom is 0.255 e. The number of carbonyl (C=O) groups excluding carboxylic acids is 1. The van der Waals surface area contributed by atoms with E-state index in [1.807, 2.05) is 23.1 Å². The zero-order valence-corrected chi connectivity index (χ0v) is 13.2. The van der Waals surface area contributed by atoms with Gasteiger partial charge in [0.2, 0.25) is 0 Å². The third-order valence-electron chi connectivity index (χ3n) is 4.12. The topological polar surface area (TPSA) is 58.1 Å². The smallest absolute Gasteiger partial charge is 0.255 e. The molecule has 1 aliphatic rings. The molecule has 0 spiro atoms. The first-order chi connectivity index (χ1) is 11.3. The molecule has 2 aromatic rings. The van der Waals surface area contributed by atoms with Gasteiger partial charge in [-0.2, -0.15) is 0 Å². The Morgan fingerprint density at radius 1 is 1.04 bits per heavy atom. The Morgan fingerprint density at radius 3 is 2.52 bits per heavy atom. The number of anilines is 1. The summed E-state index contributed by atoms with van der Waals surface area (Å²) in [5.41, 5.74) is 2.67. The van der Waals surface area contributed by atoms with Gasteiger partial charge in [-0.15, -0.1) is 0 Å². The van der Waals surface area contributed by atoms with E-state index >= 15 is 0 Å². The van der Waals surface area contributed by atoms with Crippen LogP contribution in [0.5, 0.6) is 0 Å². The maximum atomic E-state index is 12.6. The lowest BCUT2D eigenvalue weighted by molar-refractivity contribution is 0.0761. The van der Waals surface area contributed by atoms with Crippen LogP contribution in [0.15, 0.2) is 43.0 Å². The number of likely N-dealkylation sites (tertiary alicyclic amines) is 1. The van der Waals surface area contributed by atoms with Gasteiger partial charge in [0.1, 0.15) is 0 Å². The van der Waals surface area contributed by atoms with E-state index in [0.29, 0.717) is 12.1 Å². The van der Waals surface area contributed by atoms with Crippen LogP contribution in [0.3, 0.4) is 0 Å². The van der Waals surface area contributed by atoms with Crippen molar-refractivity contribution >= 4 is 11.6 Å². The highest BCUT2D eigenvalue weighted by Crippen LogP contribution is 2.16. The van der Waals surface area contributed by atoms with Crippen molar-refractivity contribution in [2.24, 2.45) is 0 Å².